The fourth-order valence-corrected chi connectivity index (χ4v) is 4.64. The summed E-state index contributed by atoms with van der Waals surface area (Å²) in [7, 11) is 0. The fraction of sp³-hybridized carbons (Fsp3) is 0.400. The highest BCUT2D eigenvalue weighted by Crippen LogP contribution is 2.19. The molecule has 0 atom stereocenters. The molecule has 0 spiro atoms. The highest BCUT2D eigenvalue weighted by atomic mass is 35.5. The van der Waals surface area contributed by atoms with E-state index in [4.69, 9.17) is 11.6 Å². The fourth-order valence-electron chi connectivity index (χ4n) is 3.53. The number of carbonyl (C=O) groups excluding carboxylic acids is 1. The van der Waals surface area contributed by atoms with Gasteiger partial charge in [-0.15, -0.1) is 0 Å². The van der Waals surface area contributed by atoms with Gasteiger partial charge in [0, 0.05) is 59.9 Å². The molecule has 0 fully saturated rings. The van der Waals surface area contributed by atoms with Gasteiger partial charge in [0.05, 0.1) is 6.61 Å². The van der Waals surface area contributed by atoms with Crippen LogP contribution in [0.25, 0.3) is 0 Å². The van der Waals surface area contributed by atoms with Gasteiger partial charge < -0.3 is 9.67 Å². The molecule has 2 aromatic heterocycles. The predicted molar refractivity (Wildman–Crippen MR) is 135 cm³/mol. The number of Topliss-reactive ketones (excluding diaryl/α,β-unsaturated/α-hetero) is 1. The van der Waals surface area contributed by atoms with Crippen LogP contribution in [0.15, 0.2) is 59.1 Å². The van der Waals surface area contributed by atoms with Crippen molar-refractivity contribution < 1.29 is 9.90 Å². The van der Waals surface area contributed by atoms with Crippen LogP contribution in [0.5, 0.6) is 0 Å². The van der Waals surface area contributed by atoms with E-state index >= 15 is 0 Å². The number of thioether (sulfide) groups is 1. The second-order valence-corrected chi connectivity index (χ2v) is 9.49. The van der Waals surface area contributed by atoms with Crippen molar-refractivity contribution in [3.05, 3.63) is 81.3 Å². The molecule has 7 nitrogen and oxygen atoms in total. The zero-order valence-electron chi connectivity index (χ0n) is 19.0. The maximum atomic E-state index is 12.5. The summed E-state index contributed by atoms with van der Waals surface area (Å²) < 4.78 is 1.84. The Kier molecular flexibility index (Phi) is 10.7. The van der Waals surface area contributed by atoms with Crippen LogP contribution >= 0.6 is 23.4 Å². The van der Waals surface area contributed by atoms with Gasteiger partial charge in [-0.3, -0.25) is 9.59 Å². The number of halogens is 1. The molecule has 2 heterocycles. The first-order valence-electron chi connectivity index (χ1n) is 11.4. The summed E-state index contributed by atoms with van der Waals surface area (Å²) in [5, 5.41) is 10.7. The zero-order chi connectivity index (χ0) is 24.2. The topological polar surface area (TPSA) is 98.0 Å². The Hall–Kier alpha value is -2.55. The summed E-state index contributed by atoms with van der Waals surface area (Å²) in [6, 6.07) is 7.03. The largest absolute Gasteiger partial charge is 0.395 e. The van der Waals surface area contributed by atoms with E-state index in [2.05, 4.69) is 15.0 Å². The van der Waals surface area contributed by atoms with Gasteiger partial charge in [-0.25, -0.2) is 9.97 Å². The lowest BCUT2D eigenvalue weighted by molar-refractivity contribution is 0.0979. The van der Waals surface area contributed by atoms with Crippen LogP contribution in [0.1, 0.15) is 60.0 Å². The Labute approximate surface area is 208 Å². The number of carbonyl (C=O) groups is 1. The van der Waals surface area contributed by atoms with E-state index in [0.29, 0.717) is 40.7 Å². The van der Waals surface area contributed by atoms with Gasteiger partial charge in [0.15, 0.2) is 10.9 Å². The summed E-state index contributed by atoms with van der Waals surface area (Å²) in [5.41, 5.74) is 1.85. The minimum Gasteiger partial charge on any atom is -0.395 e. The lowest BCUT2D eigenvalue weighted by Crippen LogP contribution is -2.20. The van der Waals surface area contributed by atoms with Crippen LogP contribution in [0.4, 0.5) is 0 Å². The minimum atomic E-state index is -0.258. The highest BCUT2D eigenvalue weighted by Gasteiger charge is 2.10. The Balaban J connectivity index is 1.39. The minimum absolute atomic E-state index is 0.0270. The van der Waals surface area contributed by atoms with Crippen molar-refractivity contribution in [1.29, 1.82) is 0 Å². The van der Waals surface area contributed by atoms with Crippen LogP contribution in [0, 0.1) is 0 Å². The van der Waals surface area contributed by atoms with E-state index < -0.39 is 0 Å². The molecule has 0 amide bonds. The van der Waals surface area contributed by atoms with E-state index in [1.165, 1.54) is 18.1 Å². The van der Waals surface area contributed by atoms with Gasteiger partial charge in [0.25, 0.3) is 5.56 Å². The van der Waals surface area contributed by atoms with E-state index in [1.807, 2.05) is 4.57 Å². The third-order valence-electron chi connectivity index (χ3n) is 5.32. The number of ketones is 1. The molecule has 1 aromatic carbocycles. The molecule has 0 radical (unpaired) electrons. The molecule has 0 saturated heterocycles. The maximum Gasteiger partial charge on any atom is 0.277 e. The van der Waals surface area contributed by atoms with Crippen molar-refractivity contribution in [3.63, 3.8) is 0 Å². The molecule has 1 N–H and O–H groups in total. The Morgan fingerprint density at radius 3 is 2.47 bits per heavy atom. The van der Waals surface area contributed by atoms with E-state index in [0.717, 1.165) is 43.4 Å². The lowest BCUT2D eigenvalue weighted by Gasteiger charge is -2.12. The maximum absolute atomic E-state index is 12.5. The first-order chi connectivity index (χ1) is 16.6. The molecule has 9 heteroatoms. The normalized spacial score (nSPS) is 11.0. The average molecular weight is 501 g/mol. The van der Waals surface area contributed by atoms with E-state index in [-0.39, 0.29) is 17.9 Å². The van der Waals surface area contributed by atoms with Crippen molar-refractivity contribution in [2.75, 3.05) is 12.4 Å². The van der Waals surface area contributed by atoms with Crippen LogP contribution in [0.2, 0.25) is 5.02 Å². The molecule has 0 saturated carbocycles. The molecule has 0 aliphatic heterocycles. The third-order valence-corrected chi connectivity index (χ3v) is 6.65. The molecule has 0 bridgehead atoms. The number of benzene rings is 1. The molecular formula is C25H29ClN4O3S. The number of unbranched alkanes of at least 4 members (excludes halogenated alkanes) is 4. The molecule has 3 rings (SSSR count). The van der Waals surface area contributed by atoms with Crippen LogP contribution in [-0.4, -0.2) is 42.8 Å². The Morgan fingerprint density at radius 2 is 1.74 bits per heavy atom. The number of aromatic nitrogens is 4. The van der Waals surface area contributed by atoms with Crippen LogP contribution in [-0.2, 0) is 13.0 Å². The number of hydrogen-bond donors (Lipinski definition) is 1. The number of nitrogens with zero attached hydrogens (tertiary/aromatic N) is 4. The van der Waals surface area contributed by atoms with Crippen LogP contribution < -0.4 is 5.56 Å². The number of aliphatic hydroxyl groups is 1. The van der Waals surface area contributed by atoms with Crippen molar-refractivity contribution in [2.45, 2.75) is 56.6 Å². The average Bonchev–Trinajstić information content (AvgIpc) is 2.84. The van der Waals surface area contributed by atoms with Crippen LogP contribution in [0.3, 0.4) is 0 Å². The molecule has 3 aromatic rings. The Bertz CT molecular complexity index is 1110. The first kappa shape index (κ1) is 26.1. The molecule has 0 unspecified atom stereocenters. The third kappa shape index (κ3) is 8.34. The van der Waals surface area contributed by atoms with Crippen molar-refractivity contribution in [3.8, 4) is 0 Å². The monoisotopic (exact) mass is 500 g/mol. The van der Waals surface area contributed by atoms with Gasteiger partial charge in [0.1, 0.15) is 6.33 Å². The first-order valence-corrected chi connectivity index (χ1v) is 12.8. The second-order valence-electron chi connectivity index (χ2n) is 7.99. The Morgan fingerprint density at radius 1 is 1.03 bits per heavy atom. The van der Waals surface area contributed by atoms with Gasteiger partial charge in [-0.2, -0.15) is 4.98 Å². The summed E-state index contributed by atoms with van der Waals surface area (Å²) in [4.78, 5) is 36.9. The summed E-state index contributed by atoms with van der Waals surface area (Å²) >= 11 is 7.40. The molecule has 0 aliphatic carbocycles. The highest BCUT2D eigenvalue weighted by molar-refractivity contribution is 7.99. The molecule has 0 aliphatic rings. The lowest BCUT2D eigenvalue weighted by atomic mass is 10.0. The van der Waals surface area contributed by atoms with Crippen molar-refractivity contribution in [2.24, 2.45) is 0 Å². The second kappa shape index (κ2) is 14.0. The smallest absolute Gasteiger partial charge is 0.277 e. The summed E-state index contributed by atoms with van der Waals surface area (Å²) in [6.07, 6.45) is 12.5. The van der Waals surface area contributed by atoms with Gasteiger partial charge in [0.2, 0.25) is 0 Å². The number of rotatable bonds is 14. The SMILES string of the molecule is O=C(CCCCCCCSc1nc(=O)c(Cc2cncnc2)cn1CCO)c1ccc(Cl)cc1. The predicted octanol–water partition coefficient (Wildman–Crippen LogP) is 4.59. The van der Waals surface area contributed by atoms with Crippen molar-refractivity contribution >= 4 is 29.1 Å². The van der Waals surface area contributed by atoms with E-state index in [9.17, 15) is 14.7 Å². The molecular weight excluding hydrogens is 472 g/mol. The number of aliphatic hydroxyl groups excluding tert-OH is 1. The summed E-state index contributed by atoms with van der Waals surface area (Å²) in [5.74, 6) is 0.997. The molecule has 180 valence electrons. The summed E-state index contributed by atoms with van der Waals surface area (Å²) in [6.45, 7) is 0.357. The quantitative estimate of drug-likeness (QED) is 0.150. The van der Waals surface area contributed by atoms with Gasteiger partial charge in [-0.05, 0) is 42.7 Å². The zero-order valence-corrected chi connectivity index (χ0v) is 20.6. The van der Waals surface area contributed by atoms with Gasteiger partial charge in [-0.1, -0.05) is 42.6 Å². The molecule has 34 heavy (non-hydrogen) atoms. The van der Waals surface area contributed by atoms with E-state index in [1.54, 1.807) is 42.9 Å². The standard InChI is InChI=1S/C25H29ClN4O3S/c26-22-9-7-20(8-10-22)23(32)6-4-2-1-3-5-13-34-25-29-24(33)21(17-30(25)11-12-31)14-19-15-27-18-28-16-19/h7-10,15-18,31H,1-6,11-14H2. The number of hydrogen-bond acceptors (Lipinski definition) is 7. The van der Waals surface area contributed by atoms with Crippen molar-refractivity contribution in [1.82, 2.24) is 19.5 Å². The van der Waals surface area contributed by atoms with Gasteiger partial charge >= 0.3 is 0 Å².